The predicted octanol–water partition coefficient (Wildman–Crippen LogP) is 1.93. The Morgan fingerprint density at radius 1 is 1.29 bits per heavy atom. The van der Waals surface area contributed by atoms with Crippen LogP contribution in [0.1, 0.15) is 46.0 Å². The zero-order valence-corrected chi connectivity index (χ0v) is 11.5. The molecular weight excluding hydrogens is 240 g/mol. The first-order chi connectivity index (χ1) is 7.97. The van der Waals surface area contributed by atoms with Gasteiger partial charge < -0.3 is 4.74 Å². The smallest absolute Gasteiger partial charge is 0.309 e. The van der Waals surface area contributed by atoms with Gasteiger partial charge in [-0.25, -0.2) is 8.42 Å². The number of carbonyl (C=O) groups is 1. The Morgan fingerprint density at radius 3 is 2.41 bits per heavy atom. The third kappa shape index (κ3) is 4.30. The van der Waals surface area contributed by atoms with E-state index >= 15 is 0 Å². The Bertz CT molecular complexity index is 342. The quantitative estimate of drug-likeness (QED) is 0.710. The summed E-state index contributed by atoms with van der Waals surface area (Å²) < 4.78 is 29.0. The molecule has 1 rings (SSSR count). The lowest BCUT2D eigenvalue weighted by atomic mass is 10.0. The van der Waals surface area contributed by atoms with Crippen LogP contribution >= 0.6 is 0 Å². The lowest BCUT2D eigenvalue weighted by molar-refractivity contribution is -0.146. The van der Waals surface area contributed by atoms with Gasteiger partial charge in [0.05, 0.1) is 23.5 Å². The molecule has 1 aliphatic rings. The molecule has 0 heterocycles. The maximum Gasteiger partial charge on any atom is 0.309 e. The Morgan fingerprint density at radius 2 is 1.88 bits per heavy atom. The fourth-order valence-electron chi connectivity index (χ4n) is 2.26. The van der Waals surface area contributed by atoms with Crippen LogP contribution in [0, 0.1) is 5.92 Å². The average molecular weight is 262 g/mol. The fourth-order valence-corrected chi connectivity index (χ4v) is 4.42. The van der Waals surface area contributed by atoms with Gasteiger partial charge in [-0.1, -0.05) is 26.2 Å². The van der Waals surface area contributed by atoms with Gasteiger partial charge in [-0.3, -0.25) is 4.79 Å². The van der Waals surface area contributed by atoms with Crippen LogP contribution < -0.4 is 0 Å². The minimum Gasteiger partial charge on any atom is -0.466 e. The van der Waals surface area contributed by atoms with Gasteiger partial charge in [0, 0.05) is 0 Å². The molecule has 1 fully saturated rings. The lowest BCUT2D eigenvalue weighted by Crippen LogP contribution is -2.32. The Hall–Kier alpha value is -0.580. The molecule has 0 N–H and O–H groups in total. The molecule has 4 nitrogen and oxygen atoms in total. The number of hydrogen-bond acceptors (Lipinski definition) is 4. The predicted molar refractivity (Wildman–Crippen MR) is 66.5 cm³/mol. The van der Waals surface area contributed by atoms with E-state index in [1.165, 1.54) is 0 Å². The van der Waals surface area contributed by atoms with E-state index in [2.05, 4.69) is 0 Å². The highest BCUT2D eigenvalue weighted by Gasteiger charge is 2.31. The average Bonchev–Trinajstić information content (AvgIpc) is 2.30. The molecule has 0 radical (unpaired) electrons. The largest absolute Gasteiger partial charge is 0.466 e. The van der Waals surface area contributed by atoms with Crippen molar-refractivity contribution in [2.24, 2.45) is 5.92 Å². The molecule has 17 heavy (non-hydrogen) atoms. The summed E-state index contributed by atoms with van der Waals surface area (Å²) in [4.78, 5) is 11.4. The standard InChI is InChI=1S/C12H22O4S/c1-3-16-12(13)10(2)9-17(14,15)11-7-5-4-6-8-11/h10-11H,3-9H2,1-2H3. The molecule has 0 aromatic carbocycles. The third-order valence-electron chi connectivity index (χ3n) is 3.23. The second kappa shape index (κ2) is 6.38. The molecule has 0 aromatic rings. The van der Waals surface area contributed by atoms with Crippen LogP contribution in [0.3, 0.4) is 0 Å². The highest BCUT2D eigenvalue weighted by atomic mass is 32.2. The van der Waals surface area contributed by atoms with E-state index in [0.29, 0.717) is 6.61 Å². The summed E-state index contributed by atoms with van der Waals surface area (Å²) in [5.74, 6) is -1.04. The highest BCUT2D eigenvalue weighted by molar-refractivity contribution is 7.92. The maximum absolute atomic E-state index is 12.1. The summed E-state index contributed by atoms with van der Waals surface area (Å²) >= 11 is 0. The summed E-state index contributed by atoms with van der Waals surface area (Å²) in [6, 6.07) is 0. The van der Waals surface area contributed by atoms with Crippen LogP contribution in [0.15, 0.2) is 0 Å². The minimum absolute atomic E-state index is 0.0729. The monoisotopic (exact) mass is 262 g/mol. The van der Waals surface area contributed by atoms with Crippen LogP contribution in [0.2, 0.25) is 0 Å². The van der Waals surface area contributed by atoms with E-state index in [-0.39, 0.29) is 11.0 Å². The minimum atomic E-state index is -3.15. The Kier molecular flexibility index (Phi) is 5.43. The third-order valence-corrected chi connectivity index (χ3v) is 5.68. The zero-order chi connectivity index (χ0) is 12.9. The highest BCUT2D eigenvalue weighted by Crippen LogP contribution is 2.25. The second-order valence-corrected chi connectivity index (χ2v) is 7.07. The molecule has 5 heteroatoms. The molecule has 100 valence electrons. The maximum atomic E-state index is 12.1. The Balaban J connectivity index is 2.56. The van der Waals surface area contributed by atoms with Gasteiger partial charge in [0.25, 0.3) is 0 Å². The van der Waals surface area contributed by atoms with Crippen molar-refractivity contribution in [3.63, 3.8) is 0 Å². The van der Waals surface area contributed by atoms with E-state index in [9.17, 15) is 13.2 Å². The van der Waals surface area contributed by atoms with Crippen molar-refractivity contribution >= 4 is 15.8 Å². The number of sulfone groups is 1. The van der Waals surface area contributed by atoms with Crippen molar-refractivity contribution in [3.05, 3.63) is 0 Å². The van der Waals surface area contributed by atoms with E-state index < -0.39 is 21.7 Å². The van der Waals surface area contributed by atoms with Gasteiger partial charge >= 0.3 is 5.97 Å². The molecule has 0 aromatic heterocycles. The van der Waals surface area contributed by atoms with Gasteiger partial charge in [-0.15, -0.1) is 0 Å². The molecule has 1 unspecified atom stereocenters. The molecule has 0 bridgehead atoms. The summed E-state index contributed by atoms with van der Waals surface area (Å²) in [6.45, 7) is 3.64. The summed E-state index contributed by atoms with van der Waals surface area (Å²) in [7, 11) is -3.15. The van der Waals surface area contributed by atoms with Crippen molar-refractivity contribution in [2.75, 3.05) is 12.4 Å². The summed E-state index contributed by atoms with van der Waals surface area (Å²) in [5.41, 5.74) is 0. The number of hydrogen-bond donors (Lipinski definition) is 0. The van der Waals surface area contributed by atoms with Crippen molar-refractivity contribution in [3.8, 4) is 0 Å². The normalized spacial score (nSPS) is 19.9. The van der Waals surface area contributed by atoms with E-state index in [0.717, 1.165) is 32.1 Å². The van der Waals surface area contributed by atoms with Crippen LogP contribution in [0.5, 0.6) is 0 Å². The van der Waals surface area contributed by atoms with Crippen LogP contribution in [0.25, 0.3) is 0 Å². The molecular formula is C12H22O4S. The van der Waals surface area contributed by atoms with E-state index in [4.69, 9.17) is 4.74 Å². The molecule has 0 aliphatic heterocycles. The summed E-state index contributed by atoms with van der Waals surface area (Å²) in [5, 5.41) is -0.242. The second-order valence-electron chi connectivity index (χ2n) is 4.74. The van der Waals surface area contributed by atoms with Crippen molar-refractivity contribution < 1.29 is 17.9 Å². The molecule has 1 aliphatic carbocycles. The topological polar surface area (TPSA) is 60.4 Å². The zero-order valence-electron chi connectivity index (χ0n) is 10.6. The fraction of sp³-hybridized carbons (Fsp3) is 0.917. The summed E-state index contributed by atoms with van der Waals surface area (Å²) in [6.07, 6.45) is 4.59. The van der Waals surface area contributed by atoms with Crippen LogP contribution in [-0.4, -0.2) is 32.0 Å². The number of carbonyl (C=O) groups excluding carboxylic acids is 1. The number of rotatable bonds is 5. The Labute approximate surface area is 104 Å². The van der Waals surface area contributed by atoms with Gasteiger partial charge in [-0.05, 0) is 19.8 Å². The van der Waals surface area contributed by atoms with E-state index in [1.807, 2.05) is 0 Å². The van der Waals surface area contributed by atoms with Crippen molar-refractivity contribution in [2.45, 2.75) is 51.2 Å². The first-order valence-corrected chi connectivity index (χ1v) is 8.07. The van der Waals surface area contributed by atoms with Crippen molar-refractivity contribution in [1.29, 1.82) is 0 Å². The van der Waals surface area contributed by atoms with Gasteiger partial charge in [0.1, 0.15) is 0 Å². The van der Waals surface area contributed by atoms with Gasteiger partial charge in [0.2, 0.25) is 0 Å². The van der Waals surface area contributed by atoms with Gasteiger partial charge in [0.15, 0.2) is 9.84 Å². The molecule has 0 spiro atoms. The van der Waals surface area contributed by atoms with E-state index in [1.54, 1.807) is 13.8 Å². The number of esters is 1. The number of ether oxygens (including phenoxy) is 1. The molecule has 0 amide bonds. The first kappa shape index (κ1) is 14.5. The lowest BCUT2D eigenvalue weighted by Gasteiger charge is -2.22. The molecule has 1 atom stereocenters. The van der Waals surface area contributed by atoms with Gasteiger partial charge in [-0.2, -0.15) is 0 Å². The van der Waals surface area contributed by atoms with Crippen LogP contribution in [0.4, 0.5) is 0 Å². The van der Waals surface area contributed by atoms with Crippen molar-refractivity contribution in [1.82, 2.24) is 0 Å². The SMILES string of the molecule is CCOC(=O)C(C)CS(=O)(=O)C1CCCCC1. The molecule has 1 saturated carbocycles. The van der Waals surface area contributed by atoms with Crippen LogP contribution in [-0.2, 0) is 19.4 Å². The molecule has 0 saturated heterocycles. The first-order valence-electron chi connectivity index (χ1n) is 6.35.